The maximum absolute atomic E-state index is 13.4. The quantitative estimate of drug-likeness (QED) is 0.503. The summed E-state index contributed by atoms with van der Waals surface area (Å²) in [5.74, 6) is 0.560. The lowest BCUT2D eigenvalue weighted by Crippen LogP contribution is -2.10. The summed E-state index contributed by atoms with van der Waals surface area (Å²) in [4.78, 5) is 0.646. The van der Waals surface area contributed by atoms with Crippen molar-refractivity contribution in [1.82, 2.24) is 0 Å². The third-order valence-electron chi connectivity index (χ3n) is 2.50. The molecule has 0 saturated heterocycles. The number of amidine groups is 1. The van der Waals surface area contributed by atoms with Crippen LogP contribution in [0.5, 0.6) is 0 Å². The van der Waals surface area contributed by atoms with Crippen LogP contribution in [0.25, 0.3) is 0 Å². The first-order chi connectivity index (χ1) is 8.66. The number of nitrogens with one attached hydrogen (secondary N) is 1. The van der Waals surface area contributed by atoms with E-state index in [0.29, 0.717) is 16.2 Å². The predicted molar refractivity (Wildman–Crippen MR) is 73.4 cm³/mol. The van der Waals surface area contributed by atoms with E-state index in [1.54, 1.807) is 24.3 Å². The van der Waals surface area contributed by atoms with Crippen molar-refractivity contribution in [2.75, 3.05) is 0 Å². The molecule has 0 saturated carbocycles. The first-order valence-electron chi connectivity index (χ1n) is 5.47. The standard InChI is InChI=1S/C14H13FN2S/c15-12-3-1-2-4-13(12)18-9-10-5-7-11(8-6-10)14(16)17/h1-8H,9H2,(H3,16,17). The van der Waals surface area contributed by atoms with Crippen molar-refractivity contribution in [3.63, 3.8) is 0 Å². The van der Waals surface area contributed by atoms with Crippen LogP contribution < -0.4 is 5.73 Å². The van der Waals surface area contributed by atoms with Gasteiger partial charge in [-0.15, -0.1) is 11.8 Å². The molecule has 2 aromatic carbocycles. The highest BCUT2D eigenvalue weighted by molar-refractivity contribution is 7.98. The average molecular weight is 260 g/mol. The number of thioether (sulfide) groups is 1. The summed E-state index contributed by atoms with van der Waals surface area (Å²) in [5, 5.41) is 7.29. The Balaban J connectivity index is 2.02. The Morgan fingerprint density at radius 2 is 1.78 bits per heavy atom. The average Bonchev–Trinajstić information content (AvgIpc) is 2.38. The fourth-order valence-electron chi connectivity index (χ4n) is 1.50. The molecule has 4 heteroatoms. The molecule has 0 bridgehead atoms. The lowest BCUT2D eigenvalue weighted by Gasteiger charge is -2.04. The third-order valence-corrected chi connectivity index (χ3v) is 3.62. The van der Waals surface area contributed by atoms with Gasteiger partial charge in [0.25, 0.3) is 0 Å². The molecule has 2 aromatic rings. The Labute approximate surface area is 110 Å². The minimum absolute atomic E-state index is 0.0586. The Hall–Kier alpha value is -1.81. The molecular weight excluding hydrogens is 247 g/mol. The number of hydrogen-bond donors (Lipinski definition) is 2. The van der Waals surface area contributed by atoms with Crippen molar-refractivity contribution in [3.8, 4) is 0 Å². The van der Waals surface area contributed by atoms with Gasteiger partial charge >= 0.3 is 0 Å². The van der Waals surface area contributed by atoms with Crippen LogP contribution in [0.3, 0.4) is 0 Å². The molecule has 0 aliphatic heterocycles. The maximum atomic E-state index is 13.4. The Kier molecular flexibility index (Phi) is 3.99. The molecule has 2 rings (SSSR count). The van der Waals surface area contributed by atoms with Crippen LogP contribution in [0.15, 0.2) is 53.4 Å². The van der Waals surface area contributed by atoms with Crippen molar-refractivity contribution in [1.29, 1.82) is 5.41 Å². The van der Waals surface area contributed by atoms with Crippen molar-refractivity contribution in [2.24, 2.45) is 5.73 Å². The molecule has 18 heavy (non-hydrogen) atoms. The van der Waals surface area contributed by atoms with Gasteiger partial charge in [0, 0.05) is 16.2 Å². The van der Waals surface area contributed by atoms with E-state index in [1.807, 2.05) is 18.2 Å². The van der Waals surface area contributed by atoms with Gasteiger partial charge < -0.3 is 5.73 Å². The van der Waals surface area contributed by atoms with Crippen LogP contribution in [-0.2, 0) is 5.75 Å². The van der Waals surface area contributed by atoms with E-state index in [4.69, 9.17) is 11.1 Å². The monoisotopic (exact) mass is 260 g/mol. The lowest BCUT2D eigenvalue weighted by atomic mass is 10.1. The van der Waals surface area contributed by atoms with E-state index in [9.17, 15) is 4.39 Å². The summed E-state index contributed by atoms with van der Waals surface area (Å²) in [6, 6.07) is 14.2. The van der Waals surface area contributed by atoms with E-state index in [2.05, 4.69) is 0 Å². The molecule has 0 amide bonds. The highest BCUT2D eigenvalue weighted by atomic mass is 32.2. The summed E-state index contributed by atoms with van der Waals surface area (Å²) in [6.07, 6.45) is 0. The highest BCUT2D eigenvalue weighted by Crippen LogP contribution is 2.25. The first-order valence-corrected chi connectivity index (χ1v) is 6.46. The summed E-state index contributed by atoms with van der Waals surface area (Å²) >= 11 is 1.45. The largest absolute Gasteiger partial charge is 0.384 e. The van der Waals surface area contributed by atoms with Gasteiger partial charge in [-0.3, -0.25) is 5.41 Å². The van der Waals surface area contributed by atoms with E-state index in [-0.39, 0.29) is 11.7 Å². The van der Waals surface area contributed by atoms with Crippen molar-refractivity contribution >= 4 is 17.6 Å². The van der Waals surface area contributed by atoms with Crippen LogP contribution in [0.4, 0.5) is 4.39 Å². The molecule has 3 N–H and O–H groups in total. The molecule has 0 aromatic heterocycles. The number of benzene rings is 2. The fourth-order valence-corrected chi connectivity index (χ4v) is 2.40. The van der Waals surface area contributed by atoms with Gasteiger partial charge in [0.15, 0.2) is 0 Å². The number of nitrogens with two attached hydrogens (primary N) is 1. The summed E-state index contributed by atoms with van der Waals surface area (Å²) < 4.78 is 13.4. The molecule has 0 aliphatic carbocycles. The van der Waals surface area contributed by atoms with E-state index < -0.39 is 0 Å². The maximum Gasteiger partial charge on any atom is 0.136 e. The second-order valence-corrected chi connectivity index (χ2v) is 4.85. The Bertz CT molecular complexity index is 552. The number of nitrogen functional groups attached to an aromatic ring is 1. The molecule has 0 aliphatic rings. The van der Waals surface area contributed by atoms with Gasteiger partial charge in [-0.1, -0.05) is 36.4 Å². The van der Waals surface area contributed by atoms with Gasteiger partial charge in [-0.05, 0) is 17.7 Å². The molecular formula is C14H13FN2S. The zero-order valence-electron chi connectivity index (χ0n) is 9.69. The molecule has 0 atom stereocenters. The van der Waals surface area contributed by atoms with Gasteiger partial charge in [-0.2, -0.15) is 0 Å². The van der Waals surface area contributed by atoms with Crippen LogP contribution in [0.2, 0.25) is 0 Å². The molecule has 0 radical (unpaired) electrons. The lowest BCUT2D eigenvalue weighted by molar-refractivity contribution is 0.602. The SMILES string of the molecule is N=C(N)c1ccc(CSc2ccccc2F)cc1. The summed E-state index contributed by atoms with van der Waals surface area (Å²) in [6.45, 7) is 0. The normalized spacial score (nSPS) is 10.3. The smallest absolute Gasteiger partial charge is 0.136 e. The topological polar surface area (TPSA) is 49.9 Å². The van der Waals surface area contributed by atoms with E-state index in [0.717, 1.165) is 5.56 Å². The van der Waals surface area contributed by atoms with Gasteiger partial charge in [0.2, 0.25) is 0 Å². The summed E-state index contributed by atoms with van der Waals surface area (Å²) in [7, 11) is 0. The summed E-state index contributed by atoms with van der Waals surface area (Å²) in [5.41, 5.74) is 7.16. The minimum Gasteiger partial charge on any atom is -0.384 e. The number of hydrogen-bond acceptors (Lipinski definition) is 2. The molecule has 0 unspecified atom stereocenters. The zero-order chi connectivity index (χ0) is 13.0. The Morgan fingerprint density at radius 3 is 2.39 bits per heavy atom. The zero-order valence-corrected chi connectivity index (χ0v) is 10.5. The van der Waals surface area contributed by atoms with Gasteiger partial charge in [-0.25, -0.2) is 4.39 Å². The van der Waals surface area contributed by atoms with Crippen LogP contribution in [-0.4, -0.2) is 5.84 Å². The number of rotatable bonds is 4. The molecule has 2 nitrogen and oxygen atoms in total. The highest BCUT2D eigenvalue weighted by Gasteiger charge is 2.02. The fraction of sp³-hybridized carbons (Fsp3) is 0.0714. The Morgan fingerprint density at radius 1 is 1.11 bits per heavy atom. The molecule has 0 heterocycles. The minimum atomic E-state index is -0.192. The first kappa shape index (κ1) is 12.6. The van der Waals surface area contributed by atoms with Crippen molar-refractivity contribution in [3.05, 3.63) is 65.5 Å². The number of halogens is 1. The van der Waals surface area contributed by atoms with Crippen LogP contribution in [0.1, 0.15) is 11.1 Å². The second-order valence-electron chi connectivity index (χ2n) is 3.83. The van der Waals surface area contributed by atoms with E-state index in [1.165, 1.54) is 17.8 Å². The molecule has 0 fully saturated rings. The van der Waals surface area contributed by atoms with Gasteiger partial charge in [0.05, 0.1) is 0 Å². The third kappa shape index (κ3) is 3.11. The van der Waals surface area contributed by atoms with Crippen LogP contribution >= 0.6 is 11.8 Å². The van der Waals surface area contributed by atoms with Crippen LogP contribution in [0, 0.1) is 11.2 Å². The van der Waals surface area contributed by atoms with Gasteiger partial charge in [0.1, 0.15) is 11.7 Å². The van der Waals surface area contributed by atoms with Crippen molar-refractivity contribution < 1.29 is 4.39 Å². The molecule has 92 valence electrons. The van der Waals surface area contributed by atoms with Crippen molar-refractivity contribution in [2.45, 2.75) is 10.6 Å². The second kappa shape index (κ2) is 5.69. The predicted octanol–water partition coefficient (Wildman–Crippen LogP) is 3.40. The van der Waals surface area contributed by atoms with E-state index >= 15 is 0 Å². The molecule has 0 spiro atoms.